The molecule has 1 unspecified atom stereocenters. The summed E-state index contributed by atoms with van der Waals surface area (Å²) < 4.78 is 0. The number of ketones is 1. The second-order valence-electron chi connectivity index (χ2n) is 5.66. The van der Waals surface area contributed by atoms with Gasteiger partial charge in [0.15, 0.2) is 5.78 Å². The number of nitrogens with one attached hydrogen (secondary N) is 1. The molecule has 0 aromatic heterocycles. The minimum Gasteiger partial charge on any atom is -0.323 e. The number of anilines is 2. The predicted molar refractivity (Wildman–Crippen MR) is 98.4 cm³/mol. The van der Waals surface area contributed by atoms with Gasteiger partial charge in [-0.3, -0.25) is 14.4 Å². The first kappa shape index (κ1) is 18.6. The zero-order valence-corrected chi connectivity index (χ0v) is 14.4. The van der Waals surface area contributed by atoms with Crippen LogP contribution in [-0.2, 0) is 4.79 Å². The van der Waals surface area contributed by atoms with Gasteiger partial charge in [0.25, 0.3) is 5.91 Å². The summed E-state index contributed by atoms with van der Waals surface area (Å²) in [7, 11) is 0. The van der Waals surface area contributed by atoms with E-state index in [0.29, 0.717) is 22.5 Å². The van der Waals surface area contributed by atoms with Gasteiger partial charge in [-0.05, 0) is 31.2 Å². The Labute approximate surface area is 151 Å². The number of carbonyl (C=O) groups is 3. The largest absolute Gasteiger partial charge is 0.323 e. The Bertz CT molecular complexity index is 821. The summed E-state index contributed by atoms with van der Waals surface area (Å²) in [5.41, 5.74) is 7.98. The summed E-state index contributed by atoms with van der Waals surface area (Å²) >= 11 is 0. The van der Waals surface area contributed by atoms with Crippen molar-refractivity contribution in [2.24, 2.45) is 5.73 Å². The molecular weight excluding hydrogens is 342 g/mol. The van der Waals surface area contributed by atoms with Gasteiger partial charge in [-0.15, -0.1) is 12.4 Å². The molecule has 25 heavy (non-hydrogen) atoms. The molecule has 3 rings (SSSR count). The number of rotatable bonds is 2. The van der Waals surface area contributed by atoms with E-state index in [4.69, 9.17) is 5.73 Å². The summed E-state index contributed by atoms with van der Waals surface area (Å²) in [4.78, 5) is 37.7. The Kier molecular flexibility index (Phi) is 5.56. The van der Waals surface area contributed by atoms with Crippen molar-refractivity contribution in [1.29, 1.82) is 0 Å². The van der Waals surface area contributed by atoms with Gasteiger partial charge < -0.3 is 16.0 Å². The highest BCUT2D eigenvalue weighted by molar-refractivity contribution is 6.11. The van der Waals surface area contributed by atoms with Crippen LogP contribution >= 0.6 is 12.4 Å². The van der Waals surface area contributed by atoms with Gasteiger partial charge in [-0.1, -0.05) is 24.3 Å². The summed E-state index contributed by atoms with van der Waals surface area (Å²) in [6.07, 6.45) is 0. The number of para-hydroxylation sites is 2. The zero-order chi connectivity index (χ0) is 17.3. The van der Waals surface area contributed by atoms with Crippen LogP contribution in [0, 0.1) is 0 Å². The van der Waals surface area contributed by atoms with E-state index in [1.165, 1.54) is 11.8 Å². The third kappa shape index (κ3) is 3.70. The van der Waals surface area contributed by atoms with E-state index >= 15 is 0 Å². The molecule has 1 heterocycles. The Morgan fingerprint density at radius 3 is 2.32 bits per heavy atom. The fourth-order valence-electron chi connectivity index (χ4n) is 2.61. The molecule has 7 heteroatoms. The summed E-state index contributed by atoms with van der Waals surface area (Å²) in [5, 5.41) is 2.73. The average molecular weight is 360 g/mol. The van der Waals surface area contributed by atoms with Crippen LogP contribution in [-0.4, -0.2) is 30.2 Å². The van der Waals surface area contributed by atoms with Crippen molar-refractivity contribution < 1.29 is 14.4 Å². The first-order valence-electron chi connectivity index (χ1n) is 7.55. The van der Waals surface area contributed by atoms with Crippen molar-refractivity contribution in [3.8, 4) is 0 Å². The molecule has 0 bridgehead atoms. The molecule has 3 N–H and O–H groups in total. The molecule has 0 aliphatic carbocycles. The average Bonchev–Trinajstić information content (AvgIpc) is 2.71. The number of nitrogens with zero attached hydrogens (tertiary/aromatic N) is 1. The lowest BCUT2D eigenvalue weighted by Gasteiger charge is -2.23. The highest BCUT2D eigenvalue weighted by Gasteiger charge is 2.29. The lowest BCUT2D eigenvalue weighted by Crippen LogP contribution is -2.45. The topological polar surface area (TPSA) is 92.5 Å². The number of fused-ring (bicyclic) bond motifs is 1. The predicted octanol–water partition coefficient (Wildman–Crippen LogP) is 2.24. The number of carbonyl (C=O) groups excluding carboxylic acids is 3. The highest BCUT2D eigenvalue weighted by Crippen LogP contribution is 2.29. The van der Waals surface area contributed by atoms with E-state index in [-0.39, 0.29) is 36.5 Å². The van der Waals surface area contributed by atoms with Gasteiger partial charge >= 0.3 is 0 Å². The van der Waals surface area contributed by atoms with Crippen LogP contribution < -0.4 is 16.0 Å². The van der Waals surface area contributed by atoms with Gasteiger partial charge in [-0.25, -0.2) is 0 Å². The van der Waals surface area contributed by atoms with Crippen LogP contribution in [0.5, 0.6) is 0 Å². The normalized spacial score (nSPS) is 16.2. The number of hydrogen-bond donors (Lipinski definition) is 2. The number of amides is 2. The van der Waals surface area contributed by atoms with Gasteiger partial charge in [0, 0.05) is 11.1 Å². The Morgan fingerprint density at radius 2 is 1.68 bits per heavy atom. The van der Waals surface area contributed by atoms with Crippen molar-refractivity contribution in [3.63, 3.8) is 0 Å². The lowest BCUT2D eigenvalue weighted by molar-refractivity contribution is -0.117. The Morgan fingerprint density at radius 1 is 1.08 bits per heavy atom. The number of benzene rings is 2. The highest BCUT2D eigenvalue weighted by atomic mass is 35.5. The molecule has 1 aliphatic heterocycles. The van der Waals surface area contributed by atoms with Crippen LogP contribution in [0.4, 0.5) is 11.4 Å². The minimum atomic E-state index is -0.821. The molecular formula is C18H18ClN3O3. The van der Waals surface area contributed by atoms with E-state index < -0.39 is 6.04 Å². The molecule has 0 saturated carbocycles. The van der Waals surface area contributed by atoms with Crippen LogP contribution in [0.2, 0.25) is 0 Å². The number of nitrogens with two attached hydrogens (primary N) is 1. The maximum absolute atomic E-state index is 12.9. The fraction of sp³-hybridized carbons (Fsp3) is 0.167. The third-order valence-electron chi connectivity index (χ3n) is 3.95. The fourth-order valence-corrected chi connectivity index (χ4v) is 2.61. The van der Waals surface area contributed by atoms with Crippen molar-refractivity contribution in [1.82, 2.24) is 0 Å². The minimum absolute atomic E-state index is 0. The first-order chi connectivity index (χ1) is 11.5. The number of Topliss-reactive ketones (excluding diaryl/α,β-unsaturated/α-hetero) is 1. The lowest BCUT2D eigenvalue weighted by atomic mass is 10.1. The quantitative estimate of drug-likeness (QED) is 0.804. The summed E-state index contributed by atoms with van der Waals surface area (Å²) in [5.74, 6) is -0.667. The molecule has 2 aromatic carbocycles. The van der Waals surface area contributed by atoms with Gasteiger partial charge in [-0.2, -0.15) is 0 Å². The molecule has 130 valence electrons. The number of halogens is 1. The van der Waals surface area contributed by atoms with E-state index in [2.05, 4.69) is 5.32 Å². The molecule has 2 amide bonds. The Balaban J connectivity index is 0.00000225. The van der Waals surface area contributed by atoms with Crippen molar-refractivity contribution in [2.45, 2.75) is 13.0 Å². The molecule has 1 atom stereocenters. The summed E-state index contributed by atoms with van der Waals surface area (Å²) in [6, 6.07) is 12.7. The molecule has 0 radical (unpaired) electrons. The summed E-state index contributed by atoms with van der Waals surface area (Å²) in [6.45, 7) is 1.55. The van der Waals surface area contributed by atoms with Crippen LogP contribution in [0.15, 0.2) is 48.5 Å². The van der Waals surface area contributed by atoms with E-state index in [0.717, 1.165) is 0 Å². The SMILES string of the molecule is CC(=O)c1ccc(C(=O)N2CC(N)C(=O)Nc3ccccc32)cc1.Cl. The molecule has 0 fully saturated rings. The van der Waals surface area contributed by atoms with Crippen molar-refractivity contribution in [2.75, 3.05) is 16.8 Å². The van der Waals surface area contributed by atoms with Crippen LogP contribution in [0.3, 0.4) is 0 Å². The molecule has 1 aliphatic rings. The zero-order valence-electron chi connectivity index (χ0n) is 13.6. The third-order valence-corrected chi connectivity index (χ3v) is 3.95. The standard InChI is InChI=1S/C18H17N3O3.ClH/c1-11(22)12-6-8-13(9-7-12)18(24)21-10-14(19)17(23)20-15-4-2-3-5-16(15)21;/h2-9,14H,10,19H2,1H3,(H,20,23);1H. The first-order valence-corrected chi connectivity index (χ1v) is 7.55. The van der Waals surface area contributed by atoms with E-state index in [1.807, 2.05) is 0 Å². The molecule has 0 spiro atoms. The maximum atomic E-state index is 12.9. The van der Waals surface area contributed by atoms with Crippen molar-refractivity contribution >= 4 is 41.4 Å². The Hall–Kier alpha value is -2.70. The molecule has 2 aromatic rings. The van der Waals surface area contributed by atoms with E-state index in [9.17, 15) is 14.4 Å². The van der Waals surface area contributed by atoms with Crippen LogP contribution in [0.25, 0.3) is 0 Å². The van der Waals surface area contributed by atoms with Crippen LogP contribution in [0.1, 0.15) is 27.6 Å². The molecule has 0 saturated heterocycles. The molecule has 6 nitrogen and oxygen atoms in total. The maximum Gasteiger partial charge on any atom is 0.258 e. The monoisotopic (exact) mass is 359 g/mol. The second-order valence-corrected chi connectivity index (χ2v) is 5.66. The van der Waals surface area contributed by atoms with Crippen molar-refractivity contribution in [3.05, 3.63) is 59.7 Å². The smallest absolute Gasteiger partial charge is 0.258 e. The second kappa shape index (κ2) is 7.46. The van der Waals surface area contributed by atoms with Gasteiger partial charge in [0.1, 0.15) is 6.04 Å². The van der Waals surface area contributed by atoms with E-state index in [1.54, 1.807) is 48.5 Å². The van der Waals surface area contributed by atoms with Gasteiger partial charge in [0.05, 0.1) is 17.9 Å². The van der Waals surface area contributed by atoms with Gasteiger partial charge in [0.2, 0.25) is 5.91 Å². The number of hydrogen-bond acceptors (Lipinski definition) is 4.